The summed E-state index contributed by atoms with van der Waals surface area (Å²) in [6, 6.07) is 7.62. The van der Waals surface area contributed by atoms with Gasteiger partial charge in [-0.3, -0.25) is 4.57 Å². The Kier molecular flexibility index (Phi) is 4.41. The van der Waals surface area contributed by atoms with E-state index in [0.717, 1.165) is 11.1 Å². The molecule has 0 bridgehead atoms. The first-order valence-corrected chi connectivity index (χ1v) is 9.61. The highest BCUT2D eigenvalue weighted by Crippen LogP contribution is 2.23. The summed E-state index contributed by atoms with van der Waals surface area (Å²) in [6.07, 6.45) is 1.18. The minimum atomic E-state index is -0.969. The monoisotopic (exact) mass is 377 g/mol. The van der Waals surface area contributed by atoms with Crippen LogP contribution in [-0.4, -0.2) is 39.9 Å². The average molecular weight is 377 g/mol. The van der Waals surface area contributed by atoms with Crippen LogP contribution in [0.5, 0.6) is 0 Å². The fourth-order valence-electron chi connectivity index (χ4n) is 2.87. The number of aliphatic hydroxyl groups is 1. The van der Waals surface area contributed by atoms with Crippen molar-refractivity contribution >= 4 is 38.8 Å². The molecule has 2 amide bonds. The summed E-state index contributed by atoms with van der Waals surface area (Å²) in [6.45, 7) is 0.370. The number of rotatable bonds is 2. The average Bonchev–Trinajstić information content (AvgIpc) is 3.32. The second-order valence-corrected chi connectivity index (χ2v) is 7.92. The van der Waals surface area contributed by atoms with E-state index in [9.17, 15) is 14.3 Å². The fourth-order valence-corrected chi connectivity index (χ4v) is 4.48. The van der Waals surface area contributed by atoms with Crippen molar-refractivity contribution in [3.05, 3.63) is 45.5 Å². The predicted molar refractivity (Wildman–Crippen MR) is 97.0 cm³/mol. The predicted octanol–water partition coefficient (Wildman–Crippen LogP) is 3.31. The summed E-state index contributed by atoms with van der Waals surface area (Å²) in [5, 5.41) is 12.6. The van der Waals surface area contributed by atoms with Crippen LogP contribution in [0.2, 0.25) is 0 Å². The summed E-state index contributed by atoms with van der Waals surface area (Å²) in [7, 11) is 0. The number of halogens is 1. The summed E-state index contributed by atoms with van der Waals surface area (Å²) in [5.41, 5.74) is 0.873. The van der Waals surface area contributed by atoms with Crippen LogP contribution < -0.4 is 4.80 Å². The summed E-state index contributed by atoms with van der Waals surface area (Å²) in [4.78, 5) is 19.1. The number of aromatic nitrogens is 1. The van der Waals surface area contributed by atoms with Crippen molar-refractivity contribution in [2.45, 2.75) is 19.2 Å². The summed E-state index contributed by atoms with van der Waals surface area (Å²) in [5.74, 6) is 0. The van der Waals surface area contributed by atoms with Crippen molar-refractivity contribution in [1.29, 1.82) is 0 Å². The van der Waals surface area contributed by atoms with Crippen molar-refractivity contribution in [3.63, 3.8) is 0 Å². The topological polar surface area (TPSA) is 57.8 Å². The van der Waals surface area contributed by atoms with Gasteiger partial charge < -0.3 is 10.0 Å². The second-order valence-electron chi connectivity index (χ2n) is 5.88. The number of thiophene rings is 1. The Labute approximate surface area is 151 Å². The second kappa shape index (κ2) is 6.70. The van der Waals surface area contributed by atoms with Gasteiger partial charge in [-0.25, -0.2) is 9.18 Å². The highest BCUT2D eigenvalue weighted by atomic mass is 32.1. The van der Waals surface area contributed by atoms with Crippen LogP contribution in [0, 0.1) is 0 Å². The summed E-state index contributed by atoms with van der Waals surface area (Å²) >= 11 is 2.92. The molecular weight excluding hydrogens is 361 g/mol. The van der Waals surface area contributed by atoms with Crippen molar-refractivity contribution in [2.24, 2.45) is 4.99 Å². The molecule has 1 saturated heterocycles. The third kappa shape index (κ3) is 3.24. The molecule has 2 aromatic heterocycles. The molecule has 1 aromatic carbocycles. The van der Waals surface area contributed by atoms with E-state index in [-0.39, 0.29) is 13.2 Å². The quantitative estimate of drug-likeness (QED) is 0.745. The first-order valence-electron chi connectivity index (χ1n) is 7.91. The van der Waals surface area contributed by atoms with Crippen LogP contribution in [0.4, 0.5) is 9.18 Å². The number of hydrogen-bond acceptors (Lipinski definition) is 4. The molecule has 0 spiro atoms. The molecule has 4 rings (SSSR count). The Bertz CT molecular complexity index is 991. The maximum absolute atomic E-state index is 13.3. The number of fused-ring (bicyclic) bond motifs is 1. The molecule has 1 aliphatic heterocycles. The molecule has 0 saturated carbocycles. The number of carbonyl (C=O) groups excluding carboxylic acids is 1. The number of benzene rings is 1. The molecule has 0 aliphatic carbocycles. The van der Waals surface area contributed by atoms with Crippen LogP contribution >= 0.6 is 22.7 Å². The number of aliphatic hydroxyl groups excluding tert-OH is 1. The van der Waals surface area contributed by atoms with E-state index in [1.165, 1.54) is 20.9 Å². The van der Waals surface area contributed by atoms with Crippen LogP contribution in [-0.2, 0) is 6.61 Å². The Morgan fingerprint density at radius 3 is 3.04 bits per heavy atom. The molecule has 130 valence electrons. The van der Waals surface area contributed by atoms with E-state index < -0.39 is 12.2 Å². The van der Waals surface area contributed by atoms with Gasteiger partial charge in [-0.05, 0) is 41.5 Å². The maximum atomic E-state index is 13.3. The van der Waals surface area contributed by atoms with Crippen LogP contribution in [0.15, 0.2) is 40.8 Å². The highest BCUT2D eigenvalue weighted by molar-refractivity contribution is 7.17. The van der Waals surface area contributed by atoms with Gasteiger partial charge in [-0.15, -0.1) is 11.3 Å². The smallest absolute Gasteiger partial charge is 0.346 e. The van der Waals surface area contributed by atoms with E-state index in [4.69, 9.17) is 0 Å². The first kappa shape index (κ1) is 16.4. The Balaban J connectivity index is 1.76. The van der Waals surface area contributed by atoms with Crippen molar-refractivity contribution in [1.82, 2.24) is 9.47 Å². The third-order valence-electron chi connectivity index (χ3n) is 4.16. The number of amides is 2. The molecular formula is C17H16FN3O2S2. The Morgan fingerprint density at radius 1 is 1.40 bits per heavy atom. The molecule has 1 N–H and O–H groups in total. The highest BCUT2D eigenvalue weighted by Gasteiger charge is 2.25. The zero-order chi connectivity index (χ0) is 17.4. The minimum Gasteiger partial charge on any atom is -0.391 e. The Hall–Kier alpha value is -2.03. The van der Waals surface area contributed by atoms with E-state index in [1.54, 1.807) is 22.1 Å². The lowest BCUT2D eigenvalue weighted by Crippen LogP contribution is -2.28. The molecule has 0 radical (unpaired) electrons. The normalized spacial score (nSPS) is 18.4. The van der Waals surface area contributed by atoms with E-state index in [1.807, 2.05) is 29.6 Å². The van der Waals surface area contributed by atoms with E-state index >= 15 is 0 Å². The number of thiazole rings is 1. The van der Waals surface area contributed by atoms with Crippen molar-refractivity contribution in [3.8, 4) is 5.69 Å². The Morgan fingerprint density at radius 2 is 2.28 bits per heavy atom. The van der Waals surface area contributed by atoms with Gasteiger partial charge in [-0.1, -0.05) is 11.3 Å². The van der Waals surface area contributed by atoms with Crippen molar-refractivity contribution < 1.29 is 14.3 Å². The number of likely N-dealkylation sites (tertiary alicyclic amines) is 1. The number of alkyl halides is 1. The zero-order valence-electron chi connectivity index (χ0n) is 13.3. The van der Waals surface area contributed by atoms with Gasteiger partial charge in [0.05, 0.1) is 18.0 Å². The van der Waals surface area contributed by atoms with Gasteiger partial charge in [0, 0.05) is 23.1 Å². The van der Waals surface area contributed by atoms with Crippen LogP contribution in [0.1, 0.15) is 11.3 Å². The van der Waals surface area contributed by atoms with Gasteiger partial charge >= 0.3 is 6.03 Å². The van der Waals surface area contributed by atoms with E-state index in [0.29, 0.717) is 22.6 Å². The SMILES string of the molecule is O=C(/N=c1\sc(CO)cn1-c1ccc2sccc2c1)N1CCC(F)C1. The van der Waals surface area contributed by atoms with Crippen molar-refractivity contribution in [2.75, 3.05) is 13.1 Å². The number of hydrogen-bond donors (Lipinski definition) is 1. The molecule has 1 fully saturated rings. The van der Waals surface area contributed by atoms with Crippen LogP contribution in [0.25, 0.3) is 15.8 Å². The molecule has 1 atom stereocenters. The van der Waals surface area contributed by atoms with Gasteiger partial charge in [0.1, 0.15) is 6.17 Å². The maximum Gasteiger partial charge on any atom is 0.346 e. The summed E-state index contributed by atoms with van der Waals surface area (Å²) < 4.78 is 16.3. The molecule has 3 aromatic rings. The molecule has 5 nitrogen and oxygen atoms in total. The lowest BCUT2D eigenvalue weighted by atomic mass is 10.2. The lowest BCUT2D eigenvalue weighted by molar-refractivity contribution is 0.213. The zero-order valence-corrected chi connectivity index (χ0v) is 14.9. The number of urea groups is 1. The molecule has 8 heteroatoms. The van der Waals surface area contributed by atoms with Crippen LogP contribution in [0.3, 0.4) is 0 Å². The van der Waals surface area contributed by atoms with Gasteiger partial charge in [-0.2, -0.15) is 4.99 Å². The standard InChI is InChI=1S/C17H16FN3O2S2/c18-12-3-5-20(8-12)16(23)19-17-21(9-14(10-22)25-17)13-1-2-15-11(7-13)4-6-24-15/h1-2,4,6-7,9,12,22H,3,5,8,10H2/b19-17-. The minimum absolute atomic E-state index is 0.0986. The number of nitrogens with zero attached hydrogens (tertiary/aromatic N) is 3. The molecule has 25 heavy (non-hydrogen) atoms. The molecule has 1 aliphatic rings. The molecule has 3 heterocycles. The lowest BCUT2D eigenvalue weighted by Gasteiger charge is -2.10. The first-order chi connectivity index (χ1) is 12.1. The largest absolute Gasteiger partial charge is 0.391 e. The number of carbonyl (C=O) groups is 1. The van der Waals surface area contributed by atoms with E-state index in [2.05, 4.69) is 4.99 Å². The fraction of sp³-hybridized carbons (Fsp3) is 0.294. The van der Waals surface area contributed by atoms with Gasteiger partial charge in [0.25, 0.3) is 0 Å². The molecule has 1 unspecified atom stereocenters. The third-order valence-corrected chi connectivity index (χ3v) is 6.03. The van der Waals surface area contributed by atoms with Gasteiger partial charge in [0.15, 0.2) is 4.80 Å². The van der Waals surface area contributed by atoms with Gasteiger partial charge in [0.2, 0.25) is 0 Å².